The van der Waals surface area contributed by atoms with Gasteiger partial charge in [0.1, 0.15) is 11.9 Å². The number of aryl methyl sites for hydroxylation is 1. The zero-order valence-electron chi connectivity index (χ0n) is 20.0. The molecule has 178 valence electrons. The van der Waals surface area contributed by atoms with Gasteiger partial charge < -0.3 is 14.7 Å². The van der Waals surface area contributed by atoms with Crippen molar-refractivity contribution in [2.24, 2.45) is 5.41 Å². The van der Waals surface area contributed by atoms with Gasteiger partial charge >= 0.3 is 5.97 Å². The lowest BCUT2D eigenvalue weighted by molar-refractivity contribution is 0.0694. The zero-order chi connectivity index (χ0) is 24.0. The Morgan fingerprint density at radius 2 is 1.94 bits per heavy atom. The van der Waals surface area contributed by atoms with Crippen molar-refractivity contribution < 1.29 is 19.4 Å². The van der Waals surface area contributed by atoms with Crippen molar-refractivity contribution in [3.8, 4) is 5.75 Å². The van der Waals surface area contributed by atoms with Crippen molar-refractivity contribution >= 4 is 33.9 Å². The number of nitrogens with zero attached hydrogens (tertiary/aromatic N) is 1. The SMILES string of the molecule is CN1CC[C@H](Oc2cc3ccccc3cc2C(=O)Cc2sc3c(c2C(=O)O)CC(C)(C)CC3)C1. The molecule has 5 nitrogen and oxygen atoms in total. The smallest absolute Gasteiger partial charge is 0.337 e. The molecular weight excluding hydrogens is 446 g/mol. The summed E-state index contributed by atoms with van der Waals surface area (Å²) in [4.78, 5) is 29.9. The predicted molar refractivity (Wildman–Crippen MR) is 136 cm³/mol. The maximum atomic E-state index is 13.7. The van der Waals surface area contributed by atoms with Crippen molar-refractivity contribution in [2.75, 3.05) is 20.1 Å². The van der Waals surface area contributed by atoms with Crippen molar-refractivity contribution in [1.82, 2.24) is 4.90 Å². The Labute approximate surface area is 204 Å². The molecule has 0 saturated carbocycles. The predicted octanol–water partition coefficient (Wildman–Crippen LogP) is 5.62. The average Bonchev–Trinajstić information content (AvgIpc) is 3.34. The largest absolute Gasteiger partial charge is 0.488 e. The van der Waals surface area contributed by atoms with E-state index in [2.05, 4.69) is 25.8 Å². The summed E-state index contributed by atoms with van der Waals surface area (Å²) in [6.07, 6.45) is 3.70. The fourth-order valence-corrected chi connectivity index (χ4v) is 6.61. The Balaban J connectivity index is 1.51. The lowest BCUT2D eigenvalue weighted by Crippen LogP contribution is -2.23. The van der Waals surface area contributed by atoms with Gasteiger partial charge in [0.2, 0.25) is 0 Å². The topological polar surface area (TPSA) is 66.8 Å². The Kier molecular flexibility index (Phi) is 5.98. The maximum absolute atomic E-state index is 13.7. The van der Waals surface area contributed by atoms with E-state index in [1.165, 1.54) is 11.3 Å². The summed E-state index contributed by atoms with van der Waals surface area (Å²) >= 11 is 1.51. The Bertz CT molecular complexity index is 1270. The number of hydrogen-bond acceptors (Lipinski definition) is 5. The first-order valence-corrected chi connectivity index (χ1v) is 12.8. The fourth-order valence-electron chi connectivity index (χ4n) is 5.30. The number of likely N-dealkylation sites (N-methyl/N-ethyl adjacent to an activating group) is 1. The Morgan fingerprint density at radius 1 is 1.21 bits per heavy atom. The molecule has 1 saturated heterocycles. The minimum absolute atomic E-state index is 0.0450. The monoisotopic (exact) mass is 477 g/mol. The van der Waals surface area contributed by atoms with Crippen molar-refractivity contribution in [3.05, 3.63) is 62.8 Å². The van der Waals surface area contributed by atoms with Gasteiger partial charge in [0.15, 0.2) is 5.78 Å². The van der Waals surface area contributed by atoms with Crippen LogP contribution in [0.5, 0.6) is 5.75 Å². The number of ether oxygens (including phenoxy) is 1. The summed E-state index contributed by atoms with van der Waals surface area (Å²) in [5.74, 6) is -0.419. The van der Waals surface area contributed by atoms with Gasteiger partial charge in [0.05, 0.1) is 11.1 Å². The molecule has 6 heteroatoms. The van der Waals surface area contributed by atoms with Crippen LogP contribution in [-0.2, 0) is 19.3 Å². The molecule has 1 aliphatic carbocycles. The highest BCUT2D eigenvalue weighted by atomic mass is 32.1. The van der Waals surface area contributed by atoms with Gasteiger partial charge in [-0.3, -0.25) is 4.79 Å². The summed E-state index contributed by atoms with van der Waals surface area (Å²) in [6, 6.07) is 11.8. The molecule has 1 atom stereocenters. The van der Waals surface area contributed by atoms with Gasteiger partial charge in [-0.15, -0.1) is 11.3 Å². The molecule has 2 aromatic carbocycles. The van der Waals surface area contributed by atoms with Crippen molar-refractivity contribution in [1.29, 1.82) is 0 Å². The van der Waals surface area contributed by atoms with Crippen LogP contribution in [0, 0.1) is 5.41 Å². The van der Waals surface area contributed by atoms with Crippen LogP contribution in [0.2, 0.25) is 0 Å². The van der Waals surface area contributed by atoms with Gasteiger partial charge in [-0.25, -0.2) is 4.79 Å². The number of ketones is 1. The summed E-state index contributed by atoms with van der Waals surface area (Å²) in [5, 5.41) is 12.0. The van der Waals surface area contributed by atoms with Gasteiger partial charge in [-0.05, 0) is 66.6 Å². The normalized spacial score (nSPS) is 19.8. The summed E-state index contributed by atoms with van der Waals surface area (Å²) in [7, 11) is 2.07. The second kappa shape index (κ2) is 8.82. The third-order valence-corrected chi connectivity index (χ3v) is 8.46. The number of aromatic carboxylic acids is 1. The number of carboxylic acids is 1. The number of carbonyl (C=O) groups excluding carboxylic acids is 1. The van der Waals surface area contributed by atoms with Crippen LogP contribution in [-0.4, -0.2) is 48.0 Å². The molecule has 0 spiro atoms. The Morgan fingerprint density at radius 3 is 2.62 bits per heavy atom. The summed E-state index contributed by atoms with van der Waals surface area (Å²) in [5.41, 5.74) is 1.89. The number of carbonyl (C=O) groups is 2. The fraction of sp³-hybridized carbons (Fsp3) is 0.429. The number of benzene rings is 2. The number of thiophene rings is 1. The minimum Gasteiger partial charge on any atom is -0.488 e. The zero-order valence-corrected chi connectivity index (χ0v) is 20.8. The van der Waals surface area contributed by atoms with Crippen LogP contribution in [0.25, 0.3) is 10.8 Å². The van der Waals surface area contributed by atoms with Gasteiger partial charge in [0.25, 0.3) is 0 Å². The van der Waals surface area contributed by atoms with Crippen LogP contribution >= 0.6 is 11.3 Å². The molecule has 1 fully saturated rings. The van der Waals surface area contributed by atoms with E-state index in [4.69, 9.17) is 4.74 Å². The standard InChI is InChI=1S/C28H31NO4S/c1-28(2)10-8-24-21(15-28)26(27(31)32)25(34-24)14-22(30)20-12-17-6-4-5-7-18(17)13-23(20)33-19-9-11-29(3)16-19/h4-7,12-13,19H,8-11,14-16H2,1-3H3,(H,31,32)/t19-/m0/s1. The molecule has 0 amide bonds. The van der Waals surface area contributed by atoms with E-state index in [1.54, 1.807) is 0 Å². The molecule has 0 unspecified atom stereocenters. The van der Waals surface area contributed by atoms with Crippen molar-refractivity contribution in [2.45, 2.75) is 52.1 Å². The van der Waals surface area contributed by atoms with Crippen molar-refractivity contribution in [3.63, 3.8) is 0 Å². The molecule has 5 rings (SSSR count). The first-order valence-electron chi connectivity index (χ1n) is 12.0. The molecule has 2 heterocycles. The number of hydrogen-bond donors (Lipinski definition) is 1. The van der Waals surface area contributed by atoms with E-state index >= 15 is 0 Å². The third kappa shape index (κ3) is 4.49. The molecular formula is C28H31NO4S. The summed E-state index contributed by atoms with van der Waals surface area (Å²) < 4.78 is 6.35. The molecule has 34 heavy (non-hydrogen) atoms. The number of fused-ring (bicyclic) bond motifs is 2. The third-order valence-electron chi connectivity index (χ3n) is 7.17. The van der Waals surface area contributed by atoms with Gasteiger partial charge in [-0.2, -0.15) is 0 Å². The van der Waals surface area contributed by atoms with Crippen LogP contribution in [0.15, 0.2) is 36.4 Å². The highest BCUT2D eigenvalue weighted by molar-refractivity contribution is 7.12. The quantitative estimate of drug-likeness (QED) is 0.467. The molecule has 1 aromatic heterocycles. The maximum Gasteiger partial charge on any atom is 0.337 e. The minimum atomic E-state index is -0.929. The van der Waals surface area contributed by atoms with E-state index < -0.39 is 5.97 Å². The molecule has 1 aliphatic heterocycles. The van der Waals surface area contributed by atoms with E-state index in [9.17, 15) is 14.7 Å². The molecule has 0 bridgehead atoms. The number of carboxylic acid groups (broad SMARTS) is 1. The number of likely N-dealkylation sites (tertiary alicyclic amines) is 1. The van der Waals surface area contributed by atoms with E-state index in [1.807, 2.05) is 36.4 Å². The van der Waals surface area contributed by atoms with Gasteiger partial charge in [-0.1, -0.05) is 38.1 Å². The second-order valence-electron chi connectivity index (χ2n) is 10.5. The van der Waals surface area contributed by atoms with Crippen LogP contribution < -0.4 is 4.74 Å². The highest BCUT2D eigenvalue weighted by Crippen LogP contribution is 2.42. The van der Waals surface area contributed by atoms with Crippen LogP contribution in [0.1, 0.15) is 62.7 Å². The second-order valence-corrected chi connectivity index (χ2v) is 11.7. The number of rotatable bonds is 6. The molecule has 0 radical (unpaired) electrons. The molecule has 2 aliphatic rings. The van der Waals surface area contributed by atoms with E-state index in [-0.39, 0.29) is 23.7 Å². The van der Waals surface area contributed by atoms with Gasteiger partial charge in [0, 0.05) is 29.3 Å². The Hall–Kier alpha value is -2.70. The summed E-state index contributed by atoms with van der Waals surface area (Å²) in [6.45, 7) is 6.17. The van der Waals surface area contributed by atoms with Crippen LogP contribution in [0.4, 0.5) is 0 Å². The highest BCUT2D eigenvalue weighted by Gasteiger charge is 2.33. The van der Waals surface area contributed by atoms with E-state index in [0.717, 1.165) is 60.0 Å². The number of Topliss-reactive ketones (excluding diaryl/α,β-unsaturated/α-hetero) is 1. The first kappa shape index (κ1) is 23.1. The first-order chi connectivity index (χ1) is 16.2. The lowest BCUT2D eigenvalue weighted by Gasteiger charge is -2.29. The average molecular weight is 478 g/mol. The van der Waals surface area contributed by atoms with E-state index in [0.29, 0.717) is 21.8 Å². The van der Waals surface area contributed by atoms with Crippen LogP contribution in [0.3, 0.4) is 0 Å². The molecule has 3 aromatic rings. The molecule has 1 N–H and O–H groups in total. The lowest BCUT2D eigenvalue weighted by atomic mass is 9.76.